The van der Waals surface area contributed by atoms with E-state index in [1.54, 1.807) is 0 Å². The van der Waals surface area contributed by atoms with Crippen LogP contribution in [-0.4, -0.2) is 36.9 Å². The summed E-state index contributed by atoms with van der Waals surface area (Å²) in [6.07, 6.45) is 1.89. The number of hydrogen-bond donors (Lipinski definition) is 3. The lowest BCUT2D eigenvalue weighted by atomic mass is 10.0. The van der Waals surface area contributed by atoms with E-state index in [0.29, 0.717) is 24.4 Å². The third-order valence-corrected chi connectivity index (χ3v) is 3.66. The van der Waals surface area contributed by atoms with E-state index in [1.807, 2.05) is 12.1 Å². The molecule has 0 bridgehead atoms. The van der Waals surface area contributed by atoms with E-state index in [-0.39, 0.29) is 6.54 Å². The summed E-state index contributed by atoms with van der Waals surface area (Å²) >= 11 is 0. The summed E-state index contributed by atoms with van der Waals surface area (Å²) in [4.78, 5) is 4.16. The van der Waals surface area contributed by atoms with Crippen LogP contribution in [0.25, 0.3) is 0 Å². The number of aliphatic hydroxyl groups is 1. The highest BCUT2D eigenvalue weighted by Gasteiger charge is 2.21. The van der Waals surface area contributed by atoms with E-state index in [2.05, 4.69) is 36.3 Å². The number of nitrogens with zero attached hydrogens (tertiary/aromatic N) is 1. The molecule has 0 aliphatic heterocycles. The van der Waals surface area contributed by atoms with Crippen molar-refractivity contribution in [3.63, 3.8) is 0 Å². The number of guanidine groups is 1. The summed E-state index contributed by atoms with van der Waals surface area (Å²) in [5.74, 6) is 1.48. The molecular formula is C17H27N3O2. The van der Waals surface area contributed by atoms with Crippen molar-refractivity contribution in [2.75, 3.05) is 25.1 Å². The van der Waals surface area contributed by atoms with Crippen LogP contribution in [0.5, 0.6) is 0 Å². The summed E-state index contributed by atoms with van der Waals surface area (Å²) in [6.45, 7) is 5.60. The average molecular weight is 305 g/mol. The fourth-order valence-corrected chi connectivity index (χ4v) is 2.07. The second-order valence-electron chi connectivity index (χ2n) is 6.27. The molecule has 0 heterocycles. The minimum absolute atomic E-state index is 0.243. The molecule has 2 rings (SSSR count). The summed E-state index contributed by atoms with van der Waals surface area (Å²) in [5, 5.41) is 12.9. The molecule has 1 aliphatic carbocycles. The minimum atomic E-state index is -0.610. The molecule has 122 valence electrons. The summed E-state index contributed by atoms with van der Waals surface area (Å²) in [5.41, 5.74) is 8.01. The van der Waals surface area contributed by atoms with Gasteiger partial charge in [0.25, 0.3) is 0 Å². The Kier molecular flexibility index (Phi) is 6.21. The molecule has 0 spiro atoms. The fraction of sp³-hybridized carbons (Fsp3) is 0.588. The highest BCUT2D eigenvalue weighted by atomic mass is 16.5. The molecule has 0 saturated heterocycles. The number of nitrogens with two attached hydrogens (primary N) is 1. The van der Waals surface area contributed by atoms with Crippen molar-refractivity contribution in [1.29, 1.82) is 0 Å². The van der Waals surface area contributed by atoms with Crippen molar-refractivity contribution in [2.45, 2.75) is 38.7 Å². The number of nitrogens with one attached hydrogen (secondary N) is 1. The molecule has 5 nitrogen and oxygen atoms in total. The van der Waals surface area contributed by atoms with Crippen molar-refractivity contribution in [1.82, 2.24) is 0 Å². The third-order valence-electron chi connectivity index (χ3n) is 3.66. The summed E-state index contributed by atoms with van der Waals surface area (Å²) < 4.78 is 5.43. The van der Waals surface area contributed by atoms with Crippen LogP contribution in [0, 0.1) is 5.92 Å². The fourth-order valence-electron chi connectivity index (χ4n) is 2.07. The van der Waals surface area contributed by atoms with Gasteiger partial charge in [0.15, 0.2) is 5.96 Å². The van der Waals surface area contributed by atoms with Gasteiger partial charge in [-0.05, 0) is 42.4 Å². The number of benzene rings is 1. The van der Waals surface area contributed by atoms with Gasteiger partial charge in [0, 0.05) is 12.3 Å². The lowest BCUT2D eigenvalue weighted by molar-refractivity contribution is 0.0369. The van der Waals surface area contributed by atoms with Gasteiger partial charge in [-0.2, -0.15) is 0 Å². The third kappa shape index (κ3) is 6.03. The van der Waals surface area contributed by atoms with Gasteiger partial charge in [0.05, 0.1) is 19.3 Å². The number of anilines is 1. The molecule has 1 unspecified atom stereocenters. The van der Waals surface area contributed by atoms with Crippen molar-refractivity contribution >= 4 is 11.6 Å². The van der Waals surface area contributed by atoms with Crippen LogP contribution in [0.15, 0.2) is 29.3 Å². The van der Waals surface area contributed by atoms with Gasteiger partial charge in [-0.1, -0.05) is 26.0 Å². The first kappa shape index (κ1) is 16.8. The second kappa shape index (κ2) is 8.15. The lowest BCUT2D eigenvalue weighted by Crippen LogP contribution is -2.26. The van der Waals surface area contributed by atoms with Crippen molar-refractivity contribution in [2.24, 2.45) is 16.6 Å². The molecule has 22 heavy (non-hydrogen) atoms. The van der Waals surface area contributed by atoms with E-state index in [0.717, 1.165) is 12.3 Å². The minimum Gasteiger partial charge on any atom is -0.389 e. The van der Waals surface area contributed by atoms with Gasteiger partial charge in [-0.3, -0.25) is 4.99 Å². The molecule has 1 saturated carbocycles. The van der Waals surface area contributed by atoms with E-state index >= 15 is 0 Å². The SMILES string of the molecule is CC(C)c1cccc(NC(N)=NCC(O)COCC2CC2)c1. The molecular weight excluding hydrogens is 278 g/mol. The van der Waals surface area contributed by atoms with Crippen molar-refractivity contribution in [3.05, 3.63) is 29.8 Å². The standard InChI is InChI=1S/C17H27N3O2/c1-12(2)14-4-3-5-15(8-14)20-17(18)19-9-16(21)11-22-10-13-6-7-13/h3-5,8,12-13,16,21H,6-7,9-11H2,1-2H3,(H3,18,19,20). The Labute approximate surface area is 132 Å². The van der Waals surface area contributed by atoms with Crippen LogP contribution in [0.1, 0.15) is 38.2 Å². The topological polar surface area (TPSA) is 79.9 Å². The van der Waals surface area contributed by atoms with Crippen LogP contribution >= 0.6 is 0 Å². The summed E-state index contributed by atoms with van der Waals surface area (Å²) in [6, 6.07) is 8.08. The first-order valence-electron chi connectivity index (χ1n) is 7.97. The normalized spacial score (nSPS) is 16.8. The van der Waals surface area contributed by atoms with E-state index < -0.39 is 6.10 Å². The Morgan fingerprint density at radius 1 is 1.45 bits per heavy atom. The Bertz CT molecular complexity index is 498. The second-order valence-corrected chi connectivity index (χ2v) is 6.27. The van der Waals surface area contributed by atoms with E-state index in [4.69, 9.17) is 10.5 Å². The molecule has 0 radical (unpaired) electrons. The predicted molar refractivity (Wildman–Crippen MR) is 90.2 cm³/mol. The Balaban J connectivity index is 1.74. The maximum absolute atomic E-state index is 9.80. The predicted octanol–water partition coefficient (Wildman–Crippen LogP) is 2.32. The maximum atomic E-state index is 9.80. The van der Waals surface area contributed by atoms with Gasteiger partial charge in [-0.25, -0.2) is 0 Å². The Morgan fingerprint density at radius 3 is 2.91 bits per heavy atom. The molecule has 1 aromatic rings. The first-order valence-corrected chi connectivity index (χ1v) is 7.97. The monoisotopic (exact) mass is 305 g/mol. The zero-order chi connectivity index (χ0) is 15.9. The number of aliphatic hydroxyl groups excluding tert-OH is 1. The Morgan fingerprint density at radius 2 is 2.23 bits per heavy atom. The zero-order valence-electron chi connectivity index (χ0n) is 13.5. The first-order chi connectivity index (χ1) is 10.5. The highest BCUT2D eigenvalue weighted by Crippen LogP contribution is 2.28. The van der Waals surface area contributed by atoms with Crippen molar-refractivity contribution < 1.29 is 9.84 Å². The molecule has 1 aliphatic rings. The maximum Gasteiger partial charge on any atom is 0.193 e. The molecule has 0 aromatic heterocycles. The van der Waals surface area contributed by atoms with Crippen LogP contribution in [-0.2, 0) is 4.74 Å². The largest absolute Gasteiger partial charge is 0.389 e. The smallest absolute Gasteiger partial charge is 0.193 e. The lowest BCUT2D eigenvalue weighted by Gasteiger charge is -2.11. The zero-order valence-corrected chi connectivity index (χ0v) is 13.5. The summed E-state index contributed by atoms with van der Waals surface area (Å²) in [7, 11) is 0. The van der Waals surface area contributed by atoms with Crippen LogP contribution in [0.4, 0.5) is 5.69 Å². The van der Waals surface area contributed by atoms with E-state index in [1.165, 1.54) is 18.4 Å². The number of aliphatic imine (C=N–C) groups is 1. The van der Waals surface area contributed by atoms with Crippen LogP contribution in [0.3, 0.4) is 0 Å². The molecule has 5 heteroatoms. The van der Waals surface area contributed by atoms with Gasteiger partial charge in [-0.15, -0.1) is 0 Å². The van der Waals surface area contributed by atoms with Crippen LogP contribution < -0.4 is 11.1 Å². The molecule has 0 amide bonds. The van der Waals surface area contributed by atoms with Gasteiger partial charge in [0.2, 0.25) is 0 Å². The van der Waals surface area contributed by atoms with Crippen molar-refractivity contribution in [3.8, 4) is 0 Å². The molecule has 4 N–H and O–H groups in total. The van der Waals surface area contributed by atoms with Gasteiger partial charge >= 0.3 is 0 Å². The average Bonchev–Trinajstić information content (AvgIpc) is 3.29. The highest BCUT2D eigenvalue weighted by molar-refractivity contribution is 5.92. The van der Waals surface area contributed by atoms with Gasteiger partial charge < -0.3 is 20.9 Å². The number of ether oxygens (including phenoxy) is 1. The molecule has 1 fully saturated rings. The number of rotatable bonds is 8. The number of hydrogen-bond acceptors (Lipinski definition) is 3. The van der Waals surface area contributed by atoms with Crippen LogP contribution in [0.2, 0.25) is 0 Å². The molecule has 1 aromatic carbocycles. The van der Waals surface area contributed by atoms with Gasteiger partial charge in [0.1, 0.15) is 0 Å². The molecule has 1 atom stereocenters. The quantitative estimate of drug-likeness (QED) is 0.509. The van der Waals surface area contributed by atoms with E-state index in [9.17, 15) is 5.11 Å². The Hall–Kier alpha value is -1.59.